The van der Waals surface area contributed by atoms with Gasteiger partial charge in [0.15, 0.2) is 0 Å². The van der Waals surface area contributed by atoms with Crippen molar-refractivity contribution in [2.45, 2.75) is 6.92 Å². The maximum absolute atomic E-state index is 9.36. The topological polar surface area (TPSA) is 17.1 Å². The summed E-state index contributed by atoms with van der Waals surface area (Å²) in [6.07, 6.45) is 1.71. The molecular weight excluding hydrogens is 84.1 g/mol. The summed E-state index contributed by atoms with van der Waals surface area (Å²) in [6.45, 7) is 1.81. The van der Waals surface area contributed by atoms with Crippen LogP contribution in [0.2, 0.25) is 0 Å². The monoisotopic (exact) mass is 89.0 g/mol. The second kappa shape index (κ2) is 3.76. The maximum atomic E-state index is 9.36. The van der Waals surface area contributed by atoms with E-state index in [4.69, 9.17) is 0 Å². The smallest absolute Gasteiger partial charge is 0.0416 e. The van der Waals surface area contributed by atoms with Crippen molar-refractivity contribution in [3.63, 3.8) is 0 Å². The van der Waals surface area contributed by atoms with Crippen molar-refractivity contribution in [2.24, 2.45) is 0 Å². The average molecular weight is 89.1 g/mol. The third-order valence-electron chi connectivity index (χ3n) is 0.192. The standard InChI is InChI=1S/C3H5OS/c1-2-3-5-4/h2-3H,1H3/q+1. The maximum Gasteiger partial charge on any atom is 0.496 e. The first-order valence-corrected chi connectivity index (χ1v) is 2.12. The summed E-state index contributed by atoms with van der Waals surface area (Å²) < 4.78 is 9.36. The first kappa shape index (κ1) is 4.76. The van der Waals surface area contributed by atoms with E-state index in [0.29, 0.717) is 11.7 Å². The van der Waals surface area contributed by atoms with Gasteiger partial charge >= 0.3 is 11.7 Å². The molecule has 0 atom stereocenters. The summed E-state index contributed by atoms with van der Waals surface area (Å²) in [5, 5.41) is 1.49. The van der Waals surface area contributed by atoms with E-state index in [1.54, 1.807) is 6.08 Å². The van der Waals surface area contributed by atoms with Crippen molar-refractivity contribution in [3.05, 3.63) is 11.5 Å². The van der Waals surface area contributed by atoms with Crippen molar-refractivity contribution in [3.8, 4) is 0 Å². The molecule has 2 heteroatoms. The molecular formula is C3H5OS+. The third-order valence-corrected chi connectivity index (χ3v) is 0.575. The van der Waals surface area contributed by atoms with Crippen molar-refractivity contribution >= 4 is 11.7 Å². The second-order valence-corrected chi connectivity index (χ2v) is 1.03. The van der Waals surface area contributed by atoms with Gasteiger partial charge in [-0.1, -0.05) is 0 Å². The highest BCUT2D eigenvalue weighted by Gasteiger charge is 1.73. The van der Waals surface area contributed by atoms with Crippen molar-refractivity contribution in [1.82, 2.24) is 0 Å². The third kappa shape index (κ3) is 3.76. The van der Waals surface area contributed by atoms with Crippen LogP contribution < -0.4 is 0 Å². The van der Waals surface area contributed by atoms with Crippen LogP contribution in [0.5, 0.6) is 0 Å². The Kier molecular flexibility index (Phi) is 3.58. The Morgan fingerprint density at radius 3 is 2.40 bits per heavy atom. The van der Waals surface area contributed by atoms with Gasteiger partial charge in [0.25, 0.3) is 0 Å². The molecule has 0 N–H and O–H groups in total. The largest absolute Gasteiger partial charge is 0.496 e. The van der Waals surface area contributed by atoms with Crippen molar-refractivity contribution < 1.29 is 4.21 Å². The molecule has 0 rings (SSSR count). The van der Waals surface area contributed by atoms with E-state index >= 15 is 0 Å². The van der Waals surface area contributed by atoms with Gasteiger partial charge in [-0.05, 0) is 13.0 Å². The van der Waals surface area contributed by atoms with Gasteiger partial charge in [-0.15, -0.1) is 0 Å². The Bertz CT molecular complexity index is 48.9. The van der Waals surface area contributed by atoms with E-state index in [1.165, 1.54) is 5.41 Å². The minimum absolute atomic E-state index is 0.471. The predicted octanol–water partition coefficient (Wildman–Crippen LogP) is 0.948. The van der Waals surface area contributed by atoms with Gasteiger partial charge in [-0.2, -0.15) is 0 Å². The van der Waals surface area contributed by atoms with Crippen molar-refractivity contribution in [2.75, 3.05) is 0 Å². The quantitative estimate of drug-likeness (QED) is 0.437. The molecule has 0 radical (unpaired) electrons. The van der Waals surface area contributed by atoms with Crippen LogP contribution in [-0.2, 0) is 15.9 Å². The summed E-state index contributed by atoms with van der Waals surface area (Å²) in [5.74, 6) is 0. The fourth-order valence-corrected chi connectivity index (χ4v) is 0.167. The van der Waals surface area contributed by atoms with Crippen LogP contribution >= 0.6 is 0 Å². The summed E-state index contributed by atoms with van der Waals surface area (Å²) in [5.41, 5.74) is 0. The molecule has 0 saturated heterocycles. The van der Waals surface area contributed by atoms with Gasteiger partial charge in [0.2, 0.25) is 5.41 Å². The first-order chi connectivity index (χ1) is 2.41. The minimum Gasteiger partial charge on any atom is -0.0416 e. The Morgan fingerprint density at radius 2 is 2.40 bits per heavy atom. The fraction of sp³-hybridized carbons (Fsp3) is 0.333. The molecule has 1 nitrogen and oxygen atoms in total. The average Bonchev–Trinajstić information content (AvgIpc) is 1.41. The molecule has 0 aromatic heterocycles. The molecule has 0 spiro atoms. The van der Waals surface area contributed by atoms with E-state index in [2.05, 4.69) is 0 Å². The van der Waals surface area contributed by atoms with Crippen LogP contribution in [0.3, 0.4) is 0 Å². The lowest BCUT2D eigenvalue weighted by Crippen LogP contribution is -1.40. The minimum atomic E-state index is 0.471. The normalized spacial score (nSPS) is 9.00. The van der Waals surface area contributed by atoms with Gasteiger partial charge in [-0.25, -0.2) is 0 Å². The van der Waals surface area contributed by atoms with Gasteiger partial charge in [0.1, 0.15) is 0 Å². The number of allylic oxidation sites excluding steroid dienone is 1. The molecule has 0 amide bonds. The summed E-state index contributed by atoms with van der Waals surface area (Å²) in [4.78, 5) is 0. The molecule has 0 aromatic rings. The summed E-state index contributed by atoms with van der Waals surface area (Å²) >= 11 is 0.471. The lowest BCUT2D eigenvalue weighted by molar-refractivity contribution is 0.608. The van der Waals surface area contributed by atoms with Gasteiger partial charge in [0.05, 0.1) is 0 Å². The van der Waals surface area contributed by atoms with E-state index in [0.717, 1.165) is 0 Å². The highest BCUT2D eigenvalue weighted by Crippen LogP contribution is 1.59. The lowest BCUT2D eigenvalue weighted by atomic mass is 10.8. The SMILES string of the molecule is CC=C[S+]=O. The highest BCUT2D eigenvalue weighted by atomic mass is 32.1. The number of rotatable bonds is 1. The molecule has 0 saturated carbocycles. The molecule has 0 heterocycles. The zero-order valence-electron chi connectivity index (χ0n) is 2.97. The summed E-state index contributed by atoms with van der Waals surface area (Å²) in [6, 6.07) is 0. The molecule has 0 aliphatic heterocycles. The fourth-order valence-electron chi connectivity index (χ4n) is 0.0556. The highest BCUT2D eigenvalue weighted by molar-refractivity contribution is 7.68. The van der Waals surface area contributed by atoms with Gasteiger partial charge < -0.3 is 0 Å². The molecule has 0 bridgehead atoms. The molecule has 0 unspecified atom stereocenters. The Morgan fingerprint density at radius 1 is 1.80 bits per heavy atom. The number of hydrogen-bond acceptors (Lipinski definition) is 1. The zero-order chi connectivity index (χ0) is 4.12. The van der Waals surface area contributed by atoms with E-state index < -0.39 is 0 Å². The summed E-state index contributed by atoms with van der Waals surface area (Å²) in [7, 11) is 0. The Balaban J connectivity index is 2.92. The first-order valence-electron chi connectivity index (χ1n) is 1.31. The van der Waals surface area contributed by atoms with Crippen LogP contribution in [0.15, 0.2) is 11.5 Å². The van der Waals surface area contributed by atoms with Crippen LogP contribution in [-0.4, -0.2) is 0 Å². The van der Waals surface area contributed by atoms with E-state index in [9.17, 15) is 4.21 Å². The van der Waals surface area contributed by atoms with Crippen LogP contribution in [0.25, 0.3) is 0 Å². The molecule has 0 aliphatic carbocycles. The van der Waals surface area contributed by atoms with Gasteiger partial charge in [0, 0.05) is 4.21 Å². The Hall–Kier alpha value is -0.240. The molecule has 28 valence electrons. The molecule has 0 aromatic carbocycles. The van der Waals surface area contributed by atoms with Crippen LogP contribution in [0.4, 0.5) is 0 Å². The predicted molar refractivity (Wildman–Crippen MR) is 22.9 cm³/mol. The van der Waals surface area contributed by atoms with Crippen LogP contribution in [0, 0.1) is 0 Å². The van der Waals surface area contributed by atoms with E-state index in [1.807, 2.05) is 6.92 Å². The van der Waals surface area contributed by atoms with Crippen molar-refractivity contribution in [1.29, 1.82) is 0 Å². The second-order valence-electron chi connectivity index (χ2n) is 0.566. The molecule has 0 aliphatic rings. The van der Waals surface area contributed by atoms with Gasteiger partial charge in [-0.3, -0.25) is 0 Å². The number of hydrogen-bond donors (Lipinski definition) is 0. The lowest BCUT2D eigenvalue weighted by Gasteiger charge is -1.34. The molecule has 5 heavy (non-hydrogen) atoms. The molecule has 0 fully saturated rings. The Labute approximate surface area is 35.2 Å². The van der Waals surface area contributed by atoms with E-state index in [-0.39, 0.29) is 0 Å². The zero-order valence-corrected chi connectivity index (χ0v) is 3.79. The van der Waals surface area contributed by atoms with Crippen LogP contribution in [0.1, 0.15) is 6.92 Å².